The summed E-state index contributed by atoms with van der Waals surface area (Å²) in [5, 5.41) is 0. The van der Waals surface area contributed by atoms with E-state index >= 15 is 0 Å². The molecule has 0 radical (unpaired) electrons. The van der Waals surface area contributed by atoms with Gasteiger partial charge in [-0.15, -0.1) is 0 Å². The SMILES string of the molecule is CCC1=C(C)C(=O)N2Cn3c(C)c(CCC(=O)OC)c(C)c3C=C12. The number of methoxy groups -OCH3 is 1. The third kappa shape index (κ3) is 2.30. The average molecular weight is 328 g/mol. The first-order valence-electron chi connectivity index (χ1n) is 8.39. The summed E-state index contributed by atoms with van der Waals surface area (Å²) >= 11 is 0. The summed E-state index contributed by atoms with van der Waals surface area (Å²) in [5.41, 5.74) is 7.67. The fraction of sp³-hybridized carbons (Fsp3) is 0.474. The number of esters is 1. The van der Waals surface area contributed by atoms with Crippen molar-refractivity contribution in [3.63, 3.8) is 0 Å². The molecule has 0 unspecified atom stereocenters. The molecule has 0 aliphatic carbocycles. The van der Waals surface area contributed by atoms with Crippen LogP contribution in [0.25, 0.3) is 6.08 Å². The molecule has 0 saturated carbocycles. The molecular formula is C19H24N2O3. The number of amides is 1. The lowest BCUT2D eigenvalue weighted by atomic mass is 10.0. The van der Waals surface area contributed by atoms with Crippen LogP contribution in [0.3, 0.4) is 0 Å². The van der Waals surface area contributed by atoms with E-state index in [9.17, 15) is 9.59 Å². The first-order valence-corrected chi connectivity index (χ1v) is 8.39. The lowest BCUT2D eigenvalue weighted by Crippen LogP contribution is -2.31. The van der Waals surface area contributed by atoms with Crippen molar-refractivity contribution in [3.05, 3.63) is 39.4 Å². The number of hydrogen-bond acceptors (Lipinski definition) is 3. The molecule has 24 heavy (non-hydrogen) atoms. The minimum atomic E-state index is -0.195. The van der Waals surface area contributed by atoms with Gasteiger partial charge < -0.3 is 9.30 Å². The van der Waals surface area contributed by atoms with E-state index < -0.39 is 0 Å². The summed E-state index contributed by atoms with van der Waals surface area (Å²) in [6, 6.07) is 0. The Morgan fingerprint density at radius 3 is 2.62 bits per heavy atom. The van der Waals surface area contributed by atoms with Gasteiger partial charge in [-0.2, -0.15) is 0 Å². The van der Waals surface area contributed by atoms with Crippen molar-refractivity contribution in [2.24, 2.45) is 0 Å². The summed E-state index contributed by atoms with van der Waals surface area (Å²) in [5.74, 6) is -0.0930. The van der Waals surface area contributed by atoms with Crippen molar-refractivity contribution in [1.82, 2.24) is 9.47 Å². The molecule has 1 amide bonds. The fourth-order valence-electron chi connectivity index (χ4n) is 3.86. The van der Waals surface area contributed by atoms with E-state index in [4.69, 9.17) is 4.74 Å². The second kappa shape index (κ2) is 5.96. The molecule has 128 valence electrons. The van der Waals surface area contributed by atoms with E-state index in [1.807, 2.05) is 11.8 Å². The molecule has 0 aromatic carbocycles. The fourth-order valence-corrected chi connectivity index (χ4v) is 3.86. The second-order valence-electron chi connectivity index (χ2n) is 6.44. The van der Waals surface area contributed by atoms with E-state index in [1.165, 1.54) is 18.2 Å². The number of carbonyl (C=O) groups is 2. The van der Waals surface area contributed by atoms with Gasteiger partial charge in [0.25, 0.3) is 5.91 Å². The van der Waals surface area contributed by atoms with Crippen molar-refractivity contribution in [3.8, 4) is 0 Å². The number of nitrogens with zero attached hydrogens (tertiary/aromatic N) is 2. The number of hydrogen-bond donors (Lipinski definition) is 0. The number of rotatable bonds is 4. The highest BCUT2D eigenvalue weighted by Gasteiger charge is 2.35. The molecule has 0 bridgehead atoms. The van der Waals surface area contributed by atoms with Crippen LogP contribution in [-0.2, 0) is 27.4 Å². The van der Waals surface area contributed by atoms with Gasteiger partial charge in [0.2, 0.25) is 0 Å². The lowest BCUT2D eigenvalue weighted by molar-refractivity contribution is -0.140. The minimum Gasteiger partial charge on any atom is -0.469 e. The van der Waals surface area contributed by atoms with Crippen LogP contribution in [0.5, 0.6) is 0 Å². The van der Waals surface area contributed by atoms with Crippen LogP contribution in [0, 0.1) is 13.8 Å². The molecule has 0 atom stereocenters. The van der Waals surface area contributed by atoms with Crippen LogP contribution in [0.1, 0.15) is 49.2 Å². The van der Waals surface area contributed by atoms with Gasteiger partial charge in [0.15, 0.2) is 0 Å². The highest BCUT2D eigenvalue weighted by atomic mass is 16.5. The van der Waals surface area contributed by atoms with Crippen molar-refractivity contribution in [2.75, 3.05) is 7.11 Å². The van der Waals surface area contributed by atoms with Gasteiger partial charge in [0.05, 0.1) is 12.8 Å². The Labute approximate surface area is 142 Å². The minimum absolute atomic E-state index is 0.102. The Hall–Kier alpha value is -2.30. The Morgan fingerprint density at radius 1 is 1.29 bits per heavy atom. The van der Waals surface area contributed by atoms with Crippen LogP contribution in [0.15, 0.2) is 16.8 Å². The molecule has 0 spiro atoms. The van der Waals surface area contributed by atoms with Gasteiger partial charge in [-0.1, -0.05) is 6.92 Å². The zero-order valence-corrected chi connectivity index (χ0v) is 15.0. The van der Waals surface area contributed by atoms with Crippen LogP contribution in [-0.4, -0.2) is 28.5 Å². The number of ether oxygens (including phenoxy) is 1. The topological polar surface area (TPSA) is 51.5 Å². The maximum Gasteiger partial charge on any atom is 0.305 e. The quantitative estimate of drug-likeness (QED) is 0.798. The van der Waals surface area contributed by atoms with Crippen LogP contribution >= 0.6 is 0 Å². The van der Waals surface area contributed by atoms with E-state index in [0.29, 0.717) is 19.5 Å². The third-order valence-electron chi connectivity index (χ3n) is 5.30. The van der Waals surface area contributed by atoms with Crippen molar-refractivity contribution in [1.29, 1.82) is 0 Å². The van der Waals surface area contributed by atoms with Crippen molar-refractivity contribution in [2.45, 2.75) is 53.6 Å². The van der Waals surface area contributed by atoms with Crippen LogP contribution in [0.2, 0.25) is 0 Å². The van der Waals surface area contributed by atoms with Gasteiger partial charge in [-0.3, -0.25) is 14.5 Å². The molecule has 2 aliphatic heterocycles. The van der Waals surface area contributed by atoms with Gasteiger partial charge in [-0.05, 0) is 56.4 Å². The zero-order valence-electron chi connectivity index (χ0n) is 15.0. The van der Waals surface area contributed by atoms with E-state index in [1.54, 1.807) is 0 Å². The maximum atomic E-state index is 12.5. The van der Waals surface area contributed by atoms with Crippen LogP contribution < -0.4 is 0 Å². The summed E-state index contributed by atoms with van der Waals surface area (Å²) in [6.07, 6.45) is 4.02. The molecule has 3 heterocycles. The Kier molecular flexibility index (Phi) is 4.11. The largest absolute Gasteiger partial charge is 0.469 e. The van der Waals surface area contributed by atoms with Gasteiger partial charge in [0, 0.05) is 23.4 Å². The summed E-state index contributed by atoms with van der Waals surface area (Å²) in [4.78, 5) is 25.9. The Balaban J connectivity index is 2.02. The van der Waals surface area contributed by atoms with Crippen molar-refractivity contribution >= 4 is 18.0 Å². The molecule has 0 N–H and O–H groups in total. The normalized spacial score (nSPS) is 16.3. The summed E-state index contributed by atoms with van der Waals surface area (Å²) in [6.45, 7) is 8.70. The van der Waals surface area contributed by atoms with Crippen LogP contribution in [0.4, 0.5) is 0 Å². The molecule has 1 aromatic heterocycles. The standard InChI is InChI=1S/C19H24N2O3/c1-6-14-12(3)19(23)21-10-20-13(4)15(7-8-18(22)24-5)11(2)16(20)9-17(14)21/h9H,6-8,10H2,1-5H3. The summed E-state index contributed by atoms with van der Waals surface area (Å²) < 4.78 is 6.93. The molecule has 0 fully saturated rings. The lowest BCUT2D eigenvalue weighted by Gasteiger charge is -2.27. The van der Waals surface area contributed by atoms with E-state index in [2.05, 4.69) is 31.4 Å². The zero-order chi connectivity index (χ0) is 17.6. The highest BCUT2D eigenvalue weighted by Crippen LogP contribution is 2.38. The average Bonchev–Trinajstić information content (AvgIpc) is 2.96. The first-order chi connectivity index (χ1) is 11.4. The highest BCUT2D eigenvalue weighted by molar-refractivity contribution is 6.01. The molecule has 5 heteroatoms. The van der Waals surface area contributed by atoms with Crippen molar-refractivity contribution < 1.29 is 14.3 Å². The second-order valence-corrected chi connectivity index (χ2v) is 6.44. The number of carbonyl (C=O) groups excluding carboxylic acids is 2. The predicted molar refractivity (Wildman–Crippen MR) is 92.1 cm³/mol. The smallest absolute Gasteiger partial charge is 0.305 e. The maximum absolute atomic E-state index is 12.5. The molecular weight excluding hydrogens is 304 g/mol. The van der Waals surface area contributed by atoms with E-state index in [-0.39, 0.29) is 11.9 Å². The monoisotopic (exact) mass is 328 g/mol. The molecule has 5 nitrogen and oxygen atoms in total. The van der Waals surface area contributed by atoms with Gasteiger partial charge in [-0.25, -0.2) is 0 Å². The number of allylic oxidation sites excluding steroid dienone is 1. The molecule has 2 aliphatic rings. The van der Waals surface area contributed by atoms with Gasteiger partial charge >= 0.3 is 5.97 Å². The van der Waals surface area contributed by atoms with E-state index in [0.717, 1.165) is 34.7 Å². The predicted octanol–water partition coefficient (Wildman–Crippen LogP) is 3.09. The number of aromatic nitrogens is 1. The molecule has 0 saturated heterocycles. The Bertz CT molecular complexity index is 796. The third-order valence-corrected chi connectivity index (χ3v) is 5.30. The van der Waals surface area contributed by atoms with Gasteiger partial charge in [0.1, 0.15) is 6.67 Å². The number of fused-ring (bicyclic) bond motifs is 2. The molecule has 3 rings (SSSR count). The summed E-state index contributed by atoms with van der Waals surface area (Å²) in [7, 11) is 1.41. The molecule has 1 aromatic rings. The Morgan fingerprint density at radius 2 is 2.00 bits per heavy atom. The first kappa shape index (κ1) is 16.6.